The molecule has 0 aromatic rings. The van der Waals surface area contributed by atoms with Crippen molar-refractivity contribution in [1.29, 1.82) is 0 Å². The maximum atomic E-state index is 11.9. The number of carbonyl (C=O) groups is 1. The zero-order valence-corrected chi connectivity index (χ0v) is 24.0. The molecule has 0 spiro atoms. The molecule has 0 amide bonds. The lowest BCUT2D eigenvalue weighted by Crippen LogP contribution is -2.69. The Kier molecular flexibility index (Phi) is 5.78. The fraction of sp³-hybridized carbons (Fsp3) is 0.906. The molecule has 0 aromatic carbocycles. The van der Waals surface area contributed by atoms with E-state index >= 15 is 0 Å². The molecule has 35 heavy (non-hydrogen) atoms. The van der Waals surface area contributed by atoms with Crippen molar-refractivity contribution in [3.05, 3.63) is 11.6 Å². The summed E-state index contributed by atoms with van der Waals surface area (Å²) in [5.74, 6) is 2.91. The molecule has 0 heterocycles. The van der Waals surface area contributed by atoms with Crippen LogP contribution < -0.4 is 0 Å². The smallest absolute Gasteiger partial charge is 0.302 e. The minimum atomic E-state index is -0.224. The number of aliphatic hydroxyl groups is 1. The van der Waals surface area contributed by atoms with Crippen LogP contribution >= 0.6 is 0 Å². The second kappa shape index (κ2) is 7.84. The molecule has 0 bridgehead atoms. The van der Waals surface area contributed by atoms with E-state index in [9.17, 15) is 9.90 Å². The first kappa shape index (κ1) is 25.8. The molecule has 3 nitrogen and oxygen atoms in total. The van der Waals surface area contributed by atoms with E-state index < -0.39 is 0 Å². The van der Waals surface area contributed by atoms with E-state index in [0.29, 0.717) is 29.6 Å². The lowest BCUT2D eigenvalue weighted by atomic mass is 9.31. The van der Waals surface area contributed by atoms with Crippen LogP contribution in [0.5, 0.6) is 0 Å². The second-order valence-corrected chi connectivity index (χ2v) is 15.3. The second-order valence-electron chi connectivity index (χ2n) is 15.3. The predicted octanol–water partition coefficient (Wildman–Crippen LogP) is 7.57. The molecular formula is C32H52O3. The number of rotatable bonds is 1. The lowest BCUT2D eigenvalue weighted by molar-refractivity contribution is -0.268. The highest BCUT2D eigenvalue weighted by Crippen LogP contribution is 2.76. The van der Waals surface area contributed by atoms with Crippen molar-refractivity contribution in [2.75, 3.05) is 0 Å². The Morgan fingerprint density at radius 3 is 2.29 bits per heavy atom. The van der Waals surface area contributed by atoms with Crippen LogP contribution in [-0.2, 0) is 9.53 Å². The van der Waals surface area contributed by atoms with Crippen LogP contribution in [0.15, 0.2) is 11.6 Å². The summed E-state index contributed by atoms with van der Waals surface area (Å²) in [6.07, 6.45) is 11.4. The first-order valence-corrected chi connectivity index (χ1v) is 14.6. The van der Waals surface area contributed by atoms with Gasteiger partial charge in [-0.2, -0.15) is 0 Å². The summed E-state index contributed by atoms with van der Waals surface area (Å²) in [6, 6.07) is 0. The largest absolute Gasteiger partial charge is 0.462 e. The zero-order valence-electron chi connectivity index (χ0n) is 24.0. The molecule has 11 atom stereocenters. The Bertz CT molecular complexity index is 920. The molecule has 5 rings (SSSR count). The standard InChI is InChI=1S/C32H52O3/c1-19-12-15-30(7)25(34)18-32(9)22(27(30)20(19)2)10-11-24-29(6)16-14-26(35-21(3)33)28(4,5)23(29)13-17-31(24,32)8/h12,20,22-27,34H,10-11,13-18H2,1-9H3/t20-,22-,23-,24-,25-,26+,27-,29+,30-,31-,32-/m1/s1. The number of hydrogen-bond donors (Lipinski definition) is 1. The fourth-order valence-electron chi connectivity index (χ4n) is 11.7. The van der Waals surface area contributed by atoms with Crippen molar-refractivity contribution in [2.24, 2.45) is 56.7 Å². The molecule has 1 N–H and O–H groups in total. The Balaban J connectivity index is 1.53. The van der Waals surface area contributed by atoms with Gasteiger partial charge in [0.05, 0.1) is 6.10 Å². The molecule has 0 unspecified atom stereocenters. The summed E-state index contributed by atoms with van der Waals surface area (Å²) in [6.45, 7) is 21.3. The topological polar surface area (TPSA) is 46.5 Å². The van der Waals surface area contributed by atoms with E-state index in [1.807, 2.05) is 0 Å². The first-order valence-electron chi connectivity index (χ1n) is 14.6. The van der Waals surface area contributed by atoms with Gasteiger partial charge in [0, 0.05) is 17.8 Å². The highest BCUT2D eigenvalue weighted by molar-refractivity contribution is 5.66. The van der Waals surface area contributed by atoms with Crippen LogP contribution in [0.3, 0.4) is 0 Å². The van der Waals surface area contributed by atoms with E-state index in [2.05, 4.69) is 61.5 Å². The van der Waals surface area contributed by atoms with Crippen LogP contribution in [-0.4, -0.2) is 23.3 Å². The van der Waals surface area contributed by atoms with Crippen molar-refractivity contribution < 1.29 is 14.6 Å². The van der Waals surface area contributed by atoms with E-state index in [1.165, 1.54) is 31.3 Å². The van der Waals surface area contributed by atoms with Gasteiger partial charge in [0.25, 0.3) is 0 Å². The first-order chi connectivity index (χ1) is 16.1. The average molecular weight is 485 g/mol. The molecule has 0 radical (unpaired) electrons. The molecule has 5 aliphatic rings. The number of carbonyl (C=O) groups excluding carboxylic acids is 1. The predicted molar refractivity (Wildman–Crippen MR) is 142 cm³/mol. The van der Waals surface area contributed by atoms with Crippen LogP contribution in [0, 0.1) is 56.7 Å². The van der Waals surface area contributed by atoms with Gasteiger partial charge in [-0.1, -0.05) is 60.1 Å². The van der Waals surface area contributed by atoms with Crippen molar-refractivity contribution in [3.8, 4) is 0 Å². The van der Waals surface area contributed by atoms with E-state index in [-0.39, 0.29) is 45.3 Å². The Morgan fingerprint density at radius 1 is 0.943 bits per heavy atom. The van der Waals surface area contributed by atoms with Crippen molar-refractivity contribution in [1.82, 2.24) is 0 Å². The van der Waals surface area contributed by atoms with Crippen molar-refractivity contribution in [2.45, 2.75) is 126 Å². The van der Waals surface area contributed by atoms with Gasteiger partial charge in [-0.15, -0.1) is 0 Å². The number of allylic oxidation sites excluding steroid dienone is 2. The molecule has 4 saturated carbocycles. The van der Waals surface area contributed by atoms with Gasteiger partial charge in [-0.3, -0.25) is 4.79 Å². The Labute approximate surface area is 214 Å². The van der Waals surface area contributed by atoms with E-state index in [1.54, 1.807) is 6.92 Å². The lowest BCUT2D eigenvalue weighted by Gasteiger charge is -2.74. The molecule has 3 heteroatoms. The summed E-state index contributed by atoms with van der Waals surface area (Å²) >= 11 is 0. The SMILES string of the molecule is CC(=O)O[C@H]1CC[C@@]2(C)[C@H](CC[C@]3(C)[C@@H]2CC[C@@H]2[C@H]4[C@H](C)C(C)=CC[C@]4(C)[C@H](O)C[C@]23C)C1(C)C. The quantitative estimate of drug-likeness (QED) is 0.308. The van der Waals surface area contributed by atoms with E-state index in [4.69, 9.17) is 4.74 Å². The van der Waals surface area contributed by atoms with Gasteiger partial charge in [0.15, 0.2) is 0 Å². The van der Waals surface area contributed by atoms with Crippen molar-refractivity contribution in [3.63, 3.8) is 0 Å². The van der Waals surface area contributed by atoms with E-state index in [0.717, 1.165) is 25.7 Å². The molecule has 4 fully saturated rings. The maximum absolute atomic E-state index is 11.9. The van der Waals surface area contributed by atoms with Gasteiger partial charge < -0.3 is 9.84 Å². The highest BCUT2D eigenvalue weighted by atomic mass is 16.5. The number of ether oxygens (including phenoxy) is 1. The summed E-state index contributed by atoms with van der Waals surface area (Å²) in [5, 5.41) is 11.8. The monoisotopic (exact) mass is 484 g/mol. The van der Waals surface area contributed by atoms with Gasteiger partial charge in [-0.25, -0.2) is 0 Å². The third kappa shape index (κ3) is 3.21. The summed E-state index contributed by atoms with van der Waals surface area (Å²) < 4.78 is 5.90. The van der Waals surface area contributed by atoms with Crippen LogP contribution in [0.1, 0.15) is 114 Å². The summed E-state index contributed by atoms with van der Waals surface area (Å²) in [4.78, 5) is 11.9. The molecule has 0 saturated heterocycles. The minimum Gasteiger partial charge on any atom is -0.462 e. The Hall–Kier alpha value is -0.830. The van der Waals surface area contributed by atoms with Crippen molar-refractivity contribution >= 4 is 5.97 Å². The van der Waals surface area contributed by atoms with Crippen LogP contribution in [0.4, 0.5) is 0 Å². The fourth-order valence-corrected chi connectivity index (χ4v) is 11.7. The maximum Gasteiger partial charge on any atom is 0.302 e. The number of esters is 1. The van der Waals surface area contributed by atoms with Crippen LogP contribution in [0.2, 0.25) is 0 Å². The number of fused-ring (bicyclic) bond motifs is 7. The molecule has 198 valence electrons. The van der Waals surface area contributed by atoms with Gasteiger partial charge in [0.1, 0.15) is 6.10 Å². The normalized spacial score (nSPS) is 54.9. The number of aliphatic hydroxyl groups excluding tert-OH is 1. The van der Waals surface area contributed by atoms with Gasteiger partial charge in [0.2, 0.25) is 0 Å². The third-order valence-electron chi connectivity index (χ3n) is 13.9. The molecule has 0 aliphatic heterocycles. The third-order valence-corrected chi connectivity index (χ3v) is 13.9. The molecule has 0 aromatic heterocycles. The minimum absolute atomic E-state index is 0.00218. The van der Waals surface area contributed by atoms with Crippen LogP contribution in [0.25, 0.3) is 0 Å². The molecular weight excluding hydrogens is 432 g/mol. The van der Waals surface area contributed by atoms with Gasteiger partial charge >= 0.3 is 5.97 Å². The number of hydrogen-bond acceptors (Lipinski definition) is 3. The highest BCUT2D eigenvalue weighted by Gasteiger charge is 2.71. The Morgan fingerprint density at radius 2 is 1.63 bits per heavy atom. The zero-order chi connectivity index (χ0) is 25.8. The average Bonchev–Trinajstić information content (AvgIpc) is 2.75. The van der Waals surface area contributed by atoms with Gasteiger partial charge in [-0.05, 0) is 104 Å². The summed E-state index contributed by atoms with van der Waals surface area (Å²) in [7, 11) is 0. The summed E-state index contributed by atoms with van der Waals surface area (Å²) in [5.41, 5.74) is 2.22. The molecule has 5 aliphatic carbocycles.